The number of carbonyl (C=O) groups excluding carboxylic acids is 2. The molecule has 0 unspecified atom stereocenters. The number of nitrogens with zero attached hydrogens (tertiary/aromatic N) is 3. The summed E-state index contributed by atoms with van der Waals surface area (Å²) in [5.41, 5.74) is 1.04. The second-order valence-corrected chi connectivity index (χ2v) is 6.91. The molecule has 0 atom stereocenters. The van der Waals surface area contributed by atoms with Gasteiger partial charge in [0, 0.05) is 27.2 Å². The zero-order valence-corrected chi connectivity index (χ0v) is 19.8. The van der Waals surface area contributed by atoms with Crippen LogP contribution in [0.25, 0.3) is 0 Å². The first kappa shape index (κ1) is 25.0. The highest BCUT2D eigenvalue weighted by molar-refractivity contribution is 14.0. The van der Waals surface area contributed by atoms with E-state index >= 15 is 0 Å². The van der Waals surface area contributed by atoms with Gasteiger partial charge < -0.3 is 24.6 Å². The lowest BCUT2D eigenvalue weighted by molar-refractivity contribution is -0.146. The summed E-state index contributed by atoms with van der Waals surface area (Å²) in [4.78, 5) is 32.0. The van der Waals surface area contributed by atoms with Crippen LogP contribution in [0.5, 0.6) is 5.75 Å². The van der Waals surface area contributed by atoms with Gasteiger partial charge in [-0.1, -0.05) is 12.1 Å². The molecule has 0 spiro atoms. The first-order chi connectivity index (χ1) is 13.4. The van der Waals surface area contributed by atoms with E-state index in [9.17, 15) is 9.59 Å². The highest BCUT2D eigenvalue weighted by Crippen LogP contribution is 2.19. The molecular formula is C20H31IN4O4. The summed E-state index contributed by atoms with van der Waals surface area (Å²) in [6, 6.07) is 7.73. The van der Waals surface area contributed by atoms with Crippen LogP contribution in [0.3, 0.4) is 0 Å². The predicted molar refractivity (Wildman–Crippen MR) is 123 cm³/mol. The third kappa shape index (κ3) is 7.71. The van der Waals surface area contributed by atoms with Crippen molar-refractivity contribution < 1.29 is 19.1 Å². The van der Waals surface area contributed by atoms with Crippen LogP contribution in [0.15, 0.2) is 29.3 Å². The van der Waals surface area contributed by atoms with E-state index in [1.54, 1.807) is 21.2 Å². The molecule has 2 rings (SSSR count). The molecule has 9 heteroatoms. The molecule has 8 nitrogen and oxygen atoms in total. The summed E-state index contributed by atoms with van der Waals surface area (Å²) in [6.07, 6.45) is 1.41. The standard InChI is InChI=1S/C20H30N4O4.HI/c1-23(2)18(25)14-22-20(21-13-15-5-7-17(27-3)8-6-15)24-11-9-16(10-12-24)19(26)28-4;/h5-8,16H,9-14H2,1-4H3,(H,21,22);1H. The average molecular weight is 518 g/mol. The number of aliphatic imine (C=N–C) groups is 1. The van der Waals surface area contributed by atoms with Gasteiger partial charge in [0.05, 0.1) is 33.2 Å². The number of esters is 1. The molecule has 0 saturated carbocycles. The number of guanidine groups is 1. The van der Waals surface area contributed by atoms with Gasteiger partial charge in [-0.2, -0.15) is 0 Å². The van der Waals surface area contributed by atoms with E-state index in [1.807, 2.05) is 24.3 Å². The van der Waals surface area contributed by atoms with Crippen molar-refractivity contribution in [3.05, 3.63) is 29.8 Å². The van der Waals surface area contributed by atoms with E-state index in [0.29, 0.717) is 38.4 Å². The maximum atomic E-state index is 12.0. The fourth-order valence-electron chi connectivity index (χ4n) is 2.97. The number of benzene rings is 1. The molecule has 0 aliphatic carbocycles. The number of likely N-dealkylation sites (tertiary alicyclic amines) is 1. The van der Waals surface area contributed by atoms with Crippen molar-refractivity contribution in [1.29, 1.82) is 0 Å². The number of likely N-dealkylation sites (N-methyl/N-ethyl adjacent to an activating group) is 1. The number of hydrogen-bond donors (Lipinski definition) is 1. The summed E-state index contributed by atoms with van der Waals surface area (Å²) in [5, 5.41) is 3.17. The monoisotopic (exact) mass is 518 g/mol. The summed E-state index contributed by atoms with van der Waals surface area (Å²) >= 11 is 0. The Labute approximate surface area is 189 Å². The Balaban J connectivity index is 0.00000420. The Kier molecular flexibility index (Phi) is 10.8. The van der Waals surface area contributed by atoms with E-state index < -0.39 is 0 Å². The minimum Gasteiger partial charge on any atom is -0.497 e. The first-order valence-corrected chi connectivity index (χ1v) is 9.38. The fraction of sp³-hybridized carbons (Fsp3) is 0.550. The number of methoxy groups -OCH3 is 2. The molecule has 1 amide bonds. The van der Waals surface area contributed by atoms with Crippen molar-refractivity contribution in [2.75, 3.05) is 47.9 Å². The van der Waals surface area contributed by atoms with Gasteiger partial charge in [0.15, 0.2) is 5.96 Å². The molecule has 1 N–H and O–H groups in total. The largest absolute Gasteiger partial charge is 0.497 e. The number of ether oxygens (including phenoxy) is 2. The van der Waals surface area contributed by atoms with E-state index in [-0.39, 0.29) is 48.3 Å². The highest BCUT2D eigenvalue weighted by Gasteiger charge is 2.27. The smallest absolute Gasteiger partial charge is 0.308 e. The first-order valence-electron chi connectivity index (χ1n) is 9.38. The molecule has 1 aliphatic heterocycles. The minimum atomic E-state index is -0.160. The minimum absolute atomic E-state index is 0. The van der Waals surface area contributed by atoms with Gasteiger partial charge in [-0.25, -0.2) is 4.99 Å². The lowest BCUT2D eigenvalue weighted by Crippen LogP contribution is -2.49. The Morgan fingerprint density at radius 1 is 1.17 bits per heavy atom. The Bertz CT molecular complexity index is 686. The van der Waals surface area contributed by atoms with Gasteiger partial charge in [0.1, 0.15) is 5.75 Å². The molecule has 1 fully saturated rings. The molecule has 0 aromatic heterocycles. The van der Waals surface area contributed by atoms with Gasteiger partial charge in [-0.3, -0.25) is 9.59 Å². The van der Waals surface area contributed by atoms with Crippen LogP contribution in [-0.4, -0.2) is 75.6 Å². The van der Waals surface area contributed by atoms with Gasteiger partial charge >= 0.3 is 5.97 Å². The van der Waals surface area contributed by atoms with Gasteiger partial charge in [0.2, 0.25) is 5.91 Å². The van der Waals surface area contributed by atoms with Crippen LogP contribution in [0.4, 0.5) is 0 Å². The zero-order chi connectivity index (χ0) is 20.5. The number of halogens is 1. The molecule has 1 aliphatic rings. The second-order valence-electron chi connectivity index (χ2n) is 6.91. The lowest BCUT2D eigenvalue weighted by atomic mass is 9.97. The summed E-state index contributed by atoms with van der Waals surface area (Å²) in [5.74, 6) is 1.21. The number of nitrogens with one attached hydrogen (secondary N) is 1. The number of carbonyl (C=O) groups is 2. The Hall–Kier alpha value is -2.04. The molecule has 162 valence electrons. The van der Waals surface area contributed by atoms with E-state index in [1.165, 1.54) is 12.0 Å². The molecule has 1 aromatic rings. The van der Waals surface area contributed by atoms with Crippen molar-refractivity contribution in [2.24, 2.45) is 10.9 Å². The molecule has 1 saturated heterocycles. The SMILES string of the molecule is COC(=O)C1CCN(C(=NCc2ccc(OC)cc2)NCC(=O)N(C)C)CC1.I. The topological polar surface area (TPSA) is 83.5 Å². The number of rotatable bonds is 6. The highest BCUT2D eigenvalue weighted by atomic mass is 127. The fourth-order valence-corrected chi connectivity index (χ4v) is 2.97. The van der Waals surface area contributed by atoms with Crippen LogP contribution in [0.1, 0.15) is 18.4 Å². The van der Waals surface area contributed by atoms with Crippen molar-refractivity contribution in [3.63, 3.8) is 0 Å². The number of hydrogen-bond acceptors (Lipinski definition) is 5. The second kappa shape index (κ2) is 12.5. The molecule has 0 radical (unpaired) electrons. The number of amides is 1. The molecule has 1 heterocycles. The molecule has 0 bridgehead atoms. The zero-order valence-electron chi connectivity index (χ0n) is 17.5. The van der Waals surface area contributed by atoms with E-state index in [2.05, 4.69) is 10.2 Å². The summed E-state index contributed by atoms with van der Waals surface area (Å²) < 4.78 is 10.0. The van der Waals surface area contributed by atoms with E-state index in [4.69, 9.17) is 14.5 Å². The van der Waals surface area contributed by atoms with Crippen molar-refractivity contribution in [3.8, 4) is 5.75 Å². The molecule has 29 heavy (non-hydrogen) atoms. The third-order valence-corrected chi connectivity index (χ3v) is 4.80. The number of piperidine rings is 1. The van der Waals surface area contributed by atoms with Gasteiger partial charge in [-0.05, 0) is 30.5 Å². The van der Waals surface area contributed by atoms with Crippen LogP contribution in [0.2, 0.25) is 0 Å². The van der Waals surface area contributed by atoms with Crippen LogP contribution in [-0.2, 0) is 20.9 Å². The summed E-state index contributed by atoms with van der Waals surface area (Å²) in [6.45, 7) is 2.03. The molecular weight excluding hydrogens is 487 g/mol. The predicted octanol–water partition coefficient (Wildman–Crippen LogP) is 1.73. The van der Waals surface area contributed by atoms with Crippen molar-refractivity contribution >= 4 is 41.8 Å². The van der Waals surface area contributed by atoms with Crippen LogP contribution in [0, 0.1) is 5.92 Å². The maximum Gasteiger partial charge on any atom is 0.308 e. The van der Waals surface area contributed by atoms with Crippen LogP contribution < -0.4 is 10.1 Å². The average Bonchev–Trinajstić information content (AvgIpc) is 2.73. The Morgan fingerprint density at radius 3 is 2.31 bits per heavy atom. The maximum absolute atomic E-state index is 12.0. The van der Waals surface area contributed by atoms with Crippen LogP contribution >= 0.6 is 24.0 Å². The van der Waals surface area contributed by atoms with Gasteiger partial charge in [-0.15, -0.1) is 24.0 Å². The normalized spacial score (nSPS) is 14.6. The van der Waals surface area contributed by atoms with E-state index in [0.717, 1.165) is 11.3 Å². The van der Waals surface area contributed by atoms with Crippen molar-refractivity contribution in [2.45, 2.75) is 19.4 Å². The molecule has 1 aromatic carbocycles. The summed E-state index contributed by atoms with van der Waals surface area (Å²) in [7, 11) is 6.50. The van der Waals surface area contributed by atoms with Crippen molar-refractivity contribution in [1.82, 2.24) is 15.1 Å². The van der Waals surface area contributed by atoms with Gasteiger partial charge in [0.25, 0.3) is 0 Å². The third-order valence-electron chi connectivity index (χ3n) is 4.80. The Morgan fingerprint density at radius 2 is 1.79 bits per heavy atom. The lowest BCUT2D eigenvalue weighted by Gasteiger charge is -2.33. The quantitative estimate of drug-likeness (QED) is 0.268.